The van der Waals surface area contributed by atoms with Gasteiger partial charge in [0.1, 0.15) is 23.1 Å². The Morgan fingerprint density at radius 2 is 1.83 bits per heavy atom. The third kappa shape index (κ3) is 8.98. The Bertz CT molecular complexity index is 2470. The molecule has 1 fully saturated rings. The maximum Gasteiger partial charge on any atom is 0.329 e. The maximum atomic E-state index is 13.2. The normalized spacial score (nSPS) is 24.1. The van der Waals surface area contributed by atoms with Crippen molar-refractivity contribution in [2.75, 3.05) is 39.2 Å². The highest BCUT2D eigenvalue weighted by atomic mass is 35.5. The minimum atomic E-state index is -1.12. The summed E-state index contributed by atoms with van der Waals surface area (Å²) in [5.41, 5.74) is 6.10. The number of ether oxygens (including phenoxy) is 4. The molecule has 2 aromatic heterocycles. The lowest BCUT2D eigenvalue weighted by atomic mass is 9.59. The van der Waals surface area contributed by atoms with Gasteiger partial charge in [-0.1, -0.05) is 43.6 Å². The molecule has 5 aromatic rings. The van der Waals surface area contributed by atoms with E-state index in [1.54, 1.807) is 25.4 Å². The van der Waals surface area contributed by atoms with E-state index >= 15 is 0 Å². The van der Waals surface area contributed by atoms with E-state index in [9.17, 15) is 9.90 Å². The number of rotatable bonds is 14. The number of carboxylic acid groups (broad SMARTS) is 1. The molecular formula is C52H60ClN5O6. The van der Waals surface area contributed by atoms with E-state index in [1.807, 2.05) is 54.7 Å². The third-order valence-corrected chi connectivity index (χ3v) is 14.6. The molecule has 3 aliphatic carbocycles. The molecule has 336 valence electrons. The van der Waals surface area contributed by atoms with Gasteiger partial charge in [-0.2, -0.15) is 0 Å². The van der Waals surface area contributed by atoms with Gasteiger partial charge in [0.25, 0.3) is 0 Å². The molecule has 11 nitrogen and oxygen atoms in total. The highest BCUT2D eigenvalue weighted by molar-refractivity contribution is 6.30. The number of pyridine rings is 1. The average Bonchev–Trinajstić information content (AvgIpc) is 3.41. The predicted molar refractivity (Wildman–Crippen MR) is 249 cm³/mol. The van der Waals surface area contributed by atoms with Crippen molar-refractivity contribution in [1.29, 1.82) is 0 Å². The van der Waals surface area contributed by atoms with Gasteiger partial charge in [0.15, 0.2) is 17.3 Å². The van der Waals surface area contributed by atoms with Gasteiger partial charge < -0.3 is 29.4 Å². The SMILES string of the molecule is COc1ccccc1-c1nccc(CN(C)C[C@H]2CCOc3cc4c(cc3O2)C2(CCC(Nc3cccc(Cl)c3)(C(=O)O)CC2)[C@@H](C[C@@H](C)COc2ccnc3c2[C@H](C)CCC3)C4)n1. The quantitative estimate of drug-likeness (QED) is 0.111. The molecule has 1 spiro atoms. The van der Waals surface area contributed by atoms with Crippen LogP contribution in [0.15, 0.2) is 85.2 Å². The van der Waals surface area contributed by atoms with Crippen LogP contribution >= 0.6 is 11.6 Å². The highest BCUT2D eigenvalue weighted by Gasteiger charge is 2.54. The van der Waals surface area contributed by atoms with Gasteiger partial charge in [-0.05, 0) is 154 Å². The zero-order chi connectivity index (χ0) is 44.4. The van der Waals surface area contributed by atoms with E-state index in [-0.39, 0.29) is 23.4 Å². The zero-order valence-electron chi connectivity index (χ0n) is 37.4. The highest BCUT2D eigenvalue weighted by Crippen LogP contribution is 2.58. The van der Waals surface area contributed by atoms with Gasteiger partial charge in [0, 0.05) is 53.9 Å². The van der Waals surface area contributed by atoms with Crippen molar-refractivity contribution >= 4 is 23.3 Å². The fraction of sp³-hybridized carbons (Fsp3) is 0.462. The van der Waals surface area contributed by atoms with Crippen LogP contribution in [0, 0.1) is 11.8 Å². The Hall–Kier alpha value is -5.39. The Morgan fingerprint density at radius 1 is 1.00 bits per heavy atom. The number of fused-ring (bicyclic) bond motifs is 4. The number of nitrogens with zero attached hydrogens (tertiary/aromatic N) is 4. The number of aryl methyl sites for hydroxylation is 1. The van der Waals surface area contributed by atoms with Crippen molar-refractivity contribution in [2.45, 2.75) is 108 Å². The average molecular weight is 887 g/mol. The van der Waals surface area contributed by atoms with Gasteiger partial charge in [-0.15, -0.1) is 0 Å². The molecule has 3 aromatic carbocycles. The number of nitrogens with one attached hydrogen (secondary N) is 1. The van der Waals surface area contributed by atoms with Crippen LogP contribution in [0.5, 0.6) is 23.0 Å². The van der Waals surface area contributed by atoms with Crippen molar-refractivity contribution in [3.8, 4) is 34.4 Å². The second kappa shape index (κ2) is 18.6. The Morgan fingerprint density at radius 3 is 2.64 bits per heavy atom. The maximum absolute atomic E-state index is 13.2. The van der Waals surface area contributed by atoms with Crippen molar-refractivity contribution in [3.05, 3.63) is 118 Å². The monoisotopic (exact) mass is 885 g/mol. The lowest BCUT2D eigenvalue weighted by Crippen LogP contribution is -2.53. The Balaban J connectivity index is 0.951. The molecule has 4 atom stereocenters. The van der Waals surface area contributed by atoms with E-state index in [2.05, 4.69) is 48.2 Å². The summed E-state index contributed by atoms with van der Waals surface area (Å²) in [6.45, 7) is 7.03. The van der Waals surface area contributed by atoms with Crippen LogP contribution in [0.4, 0.5) is 5.69 Å². The molecule has 0 bridgehead atoms. The summed E-state index contributed by atoms with van der Waals surface area (Å²) in [7, 11) is 3.75. The number of hydrogen-bond donors (Lipinski definition) is 2. The molecule has 3 heterocycles. The standard InChI is InChI=1S/C52H60ClN5O6/c1-33(32-63-45-16-23-54-43-13-7-9-34(2)48(43)45)25-36-26-35-27-46-47(29-42(35)51(36)18-20-52(21-19-51,50(59)60)57-38-11-8-10-37(53)28-38)64-40(17-24-62-46)31-58(3)30-39-15-22-55-49(56-39)41-12-5-6-14-44(41)61-4/h5-6,8,10-12,14-16,22-23,27-29,33-34,36,40,57H,7,9,13,17-21,24-26,30-32H2,1-4H3,(H,59,60)/t33-,34-,36+,40-,51?,52?/m1/s1. The minimum Gasteiger partial charge on any atom is -0.496 e. The first-order chi connectivity index (χ1) is 31.0. The molecule has 1 saturated carbocycles. The lowest BCUT2D eigenvalue weighted by molar-refractivity contribution is -0.144. The van der Waals surface area contributed by atoms with Crippen LogP contribution in [0.3, 0.4) is 0 Å². The van der Waals surface area contributed by atoms with Crippen LogP contribution in [0.2, 0.25) is 5.02 Å². The van der Waals surface area contributed by atoms with Gasteiger partial charge >= 0.3 is 5.97 Å². The smallest absolute Gasteiger partial charge is 0.329 e. The van der Waals surface area contributed by atoms with E-state index < -0.39 is 11.5 Å². The number of aliphatic carboxylic acids is 1. The predicted octanol–water partition coefficient (Wildman–Crippen LogP) is 10.3. The van der Waals surface area contributed by atoms with Crippen molar-refractivity contribution < 1.29 is 28.8 Å². The van der Waals surface area contributed by atoms with Gasteiger partial charge in [0.2, 0.25) is 0 Å². The van der Waals surface area contributed by atoms with Crippen molar-refractivity contribution in [3.63, 3.8) is 0 Å². The number of hydrogen-bond acceptors (Lipinski definition) is 10. The molecule has 4 aliphatic rings. The van der Waals surface area contributed by atoms with E-state index in [4.69, 9.17) is 40.5 Å². The zero-order valence-corrected chi connectivity index (χ0v) is 38.2. The number of halogens is 1. The number of aromatic nitrogens is 3. The summed E-state index contributed by atoms with van der Waals surface area (Å²) in [5, 5.41) is 14.8. The number of carbonyl (C=O) groups is 1. The molecule has 12 heteroatoms. The van der Waals surface area contributed by atoms with Gasteiger partial charge in [-0.25, -0.2) is 14.8 Å². The number of methoxy groups -OCH3 is 1. The molecule has 0 unspecified atom stereocenters. The van der Waals surface area contributed by atoms with Crippen molar-refractivity contribution in [1.82, 2.24) is 19.9 Å². The molecule has 0 amide bonds. The lowest BCUT2D eigenvalue weighted by Gasteiger charge is -2.47. The molecule has 0 saturated heterocycles. The molecule has 9 rings (SSSR count). The number of anilines is 1. The molecule has 2 N–H and O–H groups in total. The molecule has 64 heavy (non-hydrogen) atoms. The summed E-state index contributed by atoms with van der Waals surface area (Å²) in [5.74, 6) is 4.02. The summed E-state index contributed by atoms with van der Waals surface area (Å²) in [6, 6.07) is 23.6. The number of carboxylic acids is 1. The Labute approximate surface area is 381 Å². The summed E-state index contributed by atoms with van der Waals surface area (Å²) < 4.78 is 25.6. The third-order valence-electron chi connectivity index (χ3n) is 14.4. The van der Waals surface area contributed by atoms with Crippen LogP contribution in [-0.2, 0) is 29.6 Å². The summed E-state index contributed by atoms with van der Waals surface area (Å²) in [4.78, 5) is 29.6. The Kier molecular flexibility index (Phi) is 12.7. The van der Waals surface area contributed by atoms with Crippen LogP contribution < -0.4 is 24.3 Å². The summed E-state index contributed by atoms with van der Waals surface area (Å²) >= 11 is 6.36. The largest absolute Gasteiger partial charge is 0.496 e. The second-order valence-electron chi connectivity index (χ2n) is 18.8. The molecule has 0 radical (unpaired) electrons. The first-order valence-electron chi connectivity index (χ1n) is 23.0. The fourth-order valence-corrected chi connectivity index (χ4v) is 11.3. The summed E-state index contributed by atoms with van der Waals surface area (Å²) in [6.07, 6.45) is 11.9. The van der Waals surface area contributed by atoms with Crippen LogP contribution in [0.25, 0.3) is 11.4 Å². The minimum absolute atomic E-state index is 0.111. The number of para-hydroxylation sites is 1. The fourth-order valence-electron chi connectivity index (χ4n) is 11.1. The number of benzene rings is 3. The molecular weight excluding hydrogens is 826 g/mol. The first kappa shape index (κ1) is 43.8. The van der Waals surface area contributed by atoms with Crippen LogP contribution in [-0.4, -0.2) is 76.5 Å². The second-order valence-corrected chi connectivity index (χ2v) is 19.2. The van der Waals surface area contributed by atoms with Gasteiger partial charge in [-0.3, -0.25) is 9.88 Å². The topological polar surface area (TPSA) is 128 Å². The van der Waals surface area contributed by atoms with E-state index in [1.165, 1.54) is 22.4 Å². The van der Waals surface area contributed by atoms with Crippen LogP contribution in [0.1, 0.15) is 99.2 Å². The number of likely N-dealkylation sites (N-methyl/N-ethyl adjacent to an activating group) is 1. The van der Waals surface area contributed by atoms with Crippen molar-refractivity contribution in [2.24, 2.45) is 11.8 Å². The first-order valence-corrected chi connectivity index (χ1v) is 23.4. The molecule has 1 aliphatic heterocycles. The van der Waals surface area contributed by atoms with E-state index in [0.717, 1.165) is 91.3 Å². The van der Waals surface area contributed by atoms with Gasteiger partial charge in [0.05, 0.1) is 31.6 Å². The van der Waals surface area contributed by atoms with E-state index in [0.29, 0.717) is 55.9 Å².